The first kappa shape index (κ1) is 11.0. The normalized spacial score (nSPS) is 17.7. The van der Waals surface area contributed by atoms with E-state index in [1.807, 2.05) is 12.1 Å². The zero-order chi connectivity index (χ0) is 12.5. The summed E-state index contributed by atoms with van der Waals surface area (Å²) in [4.78, 5) is 11.5. The van der Waals surface area contributed by atoms with Gasteiger partial charge in [-0.2, -0.15) is 0 Å². The van der Waals surface area contributed by atoms with E-state index < -0.39 is 6.29 Å². The van der Waals surface area contributed by atoms with E-state index in [0.29, 0.717) is 18.6 Å². The molecule has 1 aromatic rings. The molecule has 5 heteroatoms. The van der Waals surface area contributed by atoms with Crippen LogP contribution in [0.5, 0.6) is 5.75 Å². The molecule has 0 spiro atoms. The van der Waals surface area contributed by atoms with E-state index in [-0.39, 0.29) is 5.91 Å². The van der Waals surface area contributed by atoms with Crippen LogP contribution in [0.4, 0.5) is 5.69 Å². The molecule has 0 bridgehead atoms. The van der Waals surface area contributed by atoms with Gasteiger partial charge in [-0.05, 0) is 24.1 Å². The maximum Gasteiger partial charge on any atom is 0.266 e. The molecule has 1 N–H and O–H groups in total. The van der Waals surface area contributed by atoms with Gasteiger partial charge in [-0.3, -0.25) is 4.79 Å². The molecule has 18 heavy (non-hydrogen) atoms. The van der Waals surface area contributed by atoms with Gasteiger partial charge in [-0.15, -0.1) is 0 Å². The van der Waals surface area contributed by atoms with Crippen LogP contribution in [-0.4, -0.2) is 13.0 Å². The maximum absolute atomic E-state index is 11.5. The SMILES string of the molecule is COc1ccc(C2OC=CO2)c2c1NC(=O)CC2. The number of anilines is 1. The van der Waals surface area contributed by atoms with Gasteiger partial charge in [-0.25, -0.2) is 0 Å². The molecule has 0 atom stereocenters. The summed E-state index contributed by atoms with van der Waals surface area (Å²) in [7, 11) is 1.58. The molecular formula is C13H13NO4. The number of fused-ring (bicyclic) bond motifs is 1. The van der Waals surface area contributed by atoms with Crippen molar-refractivity contribution >= 4 is 11.6 Å². The lowest BCUT2D eigenvalue weighted by atomic mass is 9.96. The van der Waals surface area contributed by atoms with Crippen LogP contribution in [0.25, 0.3) is 0 Å². The van der Waals surface area contributed by atoms with Gasteiger partial charge in [0.15, 0.2) is 0 Å². The minimum atomic E-state index is -0.431. The van der Waals surface area contributed by atoms with E-state index in [4.69, 9.17) is 14.2 Å². The van der Waals surface area contributed by atoms with Crippen LogP contribution in [0, 0.1) is 0 Å². The van der Waals surface area contributed by atoms with E-state index in [9.17, 15) is 4.79 Å². The van der Waals surface area contributed by atoms with Crippen LogP contribution in [0.1, 0.15) is 23.8 Å². The fourth-order valence-corrected chi connectivity index (χ4v) is 2.27. The molecule has 0 fully saturated rings. The molecule has 2 heterocycles. The van der Waals surface area contributed by atoms with Crippen LogP contribution in [0.15, 0.2) is 24.7 Å². The number of carbonyl (C=O) groups is 1. The molecule has 1 amide bonds. The monoisotopic (exact) mass is 247 g/mol. The topological polar surface area (TPSA) is 56.8 Å². The van der Waals surface area contributed by atoms with Gasteiger partial charge in [0, 0.05) is 12.0 Å². The number of ether oxygens (including phenoxy) is 3. The number of hydrogen-bond donors (Lipinski definition) is 1. The first-order valence-corrected chi connectivity index (χ1v) is 5.75. The predicted molar refractivity (Wildman–Crippen MR) is 64.0 cm³/mol. The Hall–Kier alpha value is -2.17. The minimum absolute atomic E-state index is 0.00401. The van der Waals surface area contributed by atoms with Crippen molar-refractivity contribution in [2.24, 2.45) is 0 Å². The Labute approximate surface area is 104 Å². The highest BCUT2D eigenvalue weighted by Crippen LogP contribution is 2.39. The fourth-order valence-electron chi connectivity index (χ4n) is 2.27. The molecule has 0 saturated heterocycles. The van der Waals surface area contributed by atoms with E-state index in [1.165, 1.54) is 12.5 Å². The zero-order valence-corrected chi connectivity index (χ0v) is 9.93. The van der Waals surface area contributed by atoms with Gasteiger partial charge in [0.2, 0.25) is 5.91 Å². The molecule has 0 aromatic heterocycles. The number of nitrogens with one attached hydrogen (secondary N) is 1. The molecule has 0 saturated carbocycles. The third-order valence-electron chi connectivity index (χ3n) is 3.11. The van der Waals surface area contributed by atoms with Crippen molar-refractivity contribution in [3.63, 3.8) is 0 Å². The second-order valence-corrected chi connectivity index (χ2v) is 4.14. The van der Waals surface area contributed by atoms with Crippen LogP contribution in [-0.2, 0) is 20.7 Å². The molecule has 3 rings (SSSR count). The van der Waals surface area contributed by atoms with Crippen LogP contribution >= 0.6 is 0 Å². The third-order valence-corrected chi connectivity index (χ3v) is 3.11. The summed E-state index contributed by atoms with van der Waals surface area (Å²) in [5, 5.41) is 2.85. The van der Waals surface area contributed by atoms with E-state index >= 15 is 0 Å². The summed E-state index contributed by atoms with van der Waals surface area (Å²) in [6.07, 6.45) is 3.73. The predicted octanol–water partition coefficient (Wildman–Crippen LogP) is 2.10. The molecule has 5 nitrogen and oxygen atoms in total. The average Bonchev–Trinajstić information content (AvgIpc) is 2.91. The number of amides is 1. The minimum Gasteiger partial charge on any atom is -0.495 e. The smallest absolute Gasteiger partial charge is 0.266 e. The molecule has 1 aromatic carbocycles. The molecule has 2 aliphatic heterocycles. The van der Waals surface area contributed by atoms with Gasteiger partial charge < -0.3 is 19.5 Å². The van der Waals surface area contributed by atoms with E-state index in [2.05, 4.69) is 5.32 Å². The van der Waals surface area contributed by atoms with E-state index in [0.717, 1.165) is 16.8 Å². The Kier molecular flexibility index (Phi) is 2.59. The van der Waals surface area contributed by atoms with Crippen molar-refractivity contribution in [2.75, 3.05) is 12.4 Å². The first-order valence-electron chi connectivity index (χ1n) is 5.75. The quantitative estimate of drug-likeness (QED) is 0.869. The number of carbonyl (C=O) groups excluding carboxylic acids is 1. The molecule has 2 aliphatic rings. The summed E-state index contributed by atoms with van der Waals surface area (Å²) in [5.41, 5.74) is 2.67. The number of hydrogen-bond acceptors (Lipinski definition) is 4. The highest BCUT2D eigenvalue weighted by molar-refractivity contribution is 5.96. The van der Waals surface area contributed by atoms with E-state index in [1.54, 1.807) is 7.11 Å². The van der Waals surface area contributed by atoms with Crippen molar-refractivity contribution in [2.45, 2.75) is 19.1 Å². The molecule has 0 radical (unpaired) electrons. The lowest BCUT2D eigenvalue weighted by Gasteiger charge is -2.24. The Morgan fingerprint density at radius 3 is 2.78 bits per heavy atom. The van der Waals surface area contributed by atoms with Crippen molar-refractivity contribution < 1.29 is 19.0 Å². The van der Waals surface area contributed by atoms with Gasteiger partial charge in [0.25, 0.3) is 6.29 Å². The van der Waals surface area contributed by atoms with Crippen molar-refractivity contribution in [3.05, 3.63) is 35.8 Å². The summed E-state index contributed by atoms with van der Waals surface area (Å²) in [5.74, 6) is 0.664. The van der Waals surface area contributed by atoms with Crippen LogP contribution in [0.3, 0.4) is 0 Å². The largest absolute Gasteiger partial charge is 0.495 e. The van der Waals surface area contributed by atoms with Gasteiger partial charge in [0.05, 0.1) is 12.8 Å². The molecule has 0 aliphatic carbocycles. The van der Waals surface area contributed by atoms with Crippen molar-refractivity contribution in [1.29, 1.82) is 0 Å². The molecular weight excluding hydrogens is 234 g/mol. The fraction of sp³-hybridized carbons (Fsp3) is 0.308. The molecule has 94 valence electrons. The Balaban J connectivity index is 2.06. The summed E-state index contributed by atoms with van der Waals surface area (Å²) >= 11 is 0. The zero-order valence-electron chi connectivity index (χ0n) is 9.93. The Morgan fingerprint density at radius 2 is 2.06 bits per heavy atom. The third kappa shape index (κ3) is 1.68. The number of methoxy groups -OCH3 is 1. The van der Waals surface area contributed by atoms with Gasteiger partial charge in [0.1, 0.15) is 18.3 Å². The summed E-state index contributed by atoms with van der Waals surface area (Å²) in [6.45, 7) is 0. The number of rotatable bonds is 2. The van der Waals surface area contributed by atoms with Gasteiger partial charge in [-0.1, -0.05) is 0 Å². The van der Waals surface area contributed by atoms with Crippen molar-refractivity contribution in [3.8, 4) is 5.75 Å². The highest BCUT2D eigenvalue weighted by atomic mass is 16.7. The Bertz CT molecular complexity index is 516. The van der Waals surface area contributed by atoms with Crippen LogP contribution < -0.4 is 10.1 Å². The Morgan fingerprint density at radius 1 is 1.28 bits per heavy atom. The molecule has 0 unspecified atom stereocenters. The second-order valence-electron chi connectivity index (χ2n) is 4.14. The first-order chi connectivity index (χ1) is 8.79. The highest BCUT2D eigenvalue weighted by Gasteiger charge is 2.27. The second kappa shape index (κ2) is 4.25. The van der Waals surface area contributed by atoms with Crippen molar-refractivity contribution in [1.82, 2.24) is 0 Å². The number of benzene rings is 1. The van der Waals surface area contributed by atoms with Crippen LogP contribution in [0.2, 0.25) is 0 Å². The summed E-state index contributed by atoms with van der Waals surface area (Å²) < 4.78 is 16.0. The summed E-state index contributed by atoms with van der Waals surface area (Å²) in [6, 6.07) is 3.72. The standard InChI is InChI=1S/C13H13NO4/c1-16-10-4-2-9(13-17-6-7-18-13)8-3-5-11(15)14-12(8)10/h2,4,6-7,13H,3,5H2,1H3,(H,14,15). The van der Waals surface area contributed by atoms with Gasteiger partial charge >= 0.3 is 0 Å². The lowest BCUT2D eigenvalue weighted by molar-refractivity contribution is -0.116. The maximum atomic E-state index is 11.5. The lowest BCUT2D eigenvalue weighted by Crippen LogP contribution is -2.21. The average molecular weight is 247 g/mol.